The average Bonchev–Trinajstić information content (AvgIpc) is 2.97. The average molecular weight is 356 g/mol. The van der Waals surface area contributed by atoms with Gasteiger partial charge in [-0.15, -0.1) is 0 Å². The minimum atomic E-state index is -0.490. The zero-order valence-corrected chi connectivity index (χ0v) is 14.3. The zero-order valence-electron chi connectivity index (χ0n) is 14.3. The Kier molecular flexibility index (Phi) is 4.26. The summed E-state index contributed by atoms with van der Waals surface area (Å²) in [6.45, 7) is 0. The molecule has 5 nitrogen and oxygen atoms in total. The maximum Gasteiger partial charge on any atom is 0.259 e. The third-order valence-corrected chi connectivity index (χ3v) is 4.53. The van der Waals surface area contributed by atoms with Gasteiger partial charge >= 0.3 is 0 Å². The highest BCUT2D eigenvalue weighted by molar-refractivity contribution is 6.22. The van der Waals surface area contributed by atoms with Gasteiger partial charge in [-0.05, 0) is 29.3 Å². The summed E-state index contributed by atoms with van der Waals surface area (Å²) in [4.78, 5) is 36.6. The highest BCUT2D eigenvalue weighted by Gasteiger charge is 2.28. The molecule has 0 aromatic heterocycles. The van der Waals surface area contributed by atoms with E-state index < -0.39 is 17.7 Å². The quantitative estimate of drug-likeness (QED) is 0.704. The highest BCUT2D eigenvalue weighted by Crippen LogP contribution is 2.27. The molecule has 132 valence electrons. The fourth-order valence-electron chi connectivity index (χ4n) is 3.25. The molecule has 3 aromatic carbocycles. The first-order chi connectivity index (χ1) is 13.1. The predicted octanol–water partition coefficient (Wildman–Crippen LogP) is 3.34. The summed E-state index contributed by atoms with van der Waals surface area (Å²) >= 11 is 0. The van der Waals surface area contributed by atoms with Crippen molar-refractivity contribution in [3.05, 3.63) is 101 Å². The summed E-state index contributed by atoms with van der Waals surface area (Å²) in [7, 11) is 0. The van der Waals surface area contributed by atoms with E-state index in [-0.39, 0.29) is 11.5 Å². The molecule has 3 amide bonds. The van der Waals surface area contributed by atoms with Gasteiger partial charge in [-0.2, -0.15) is 0 Å². The van der Waals surface area contributed by atoms with Crippen LogP contribution in [0.2, 0.25) is 0 Å². The van der Waals surface area contributed by atoms with Gasteiger partial charge in [0.1, 0.15) is 0 Å². The van der Waals surface area contributed by atoms with Gasteiger partial charge in [0.05, 0.1) is 17.0 Å². The van der Waals surface area contributed by atoms with E-state index >= 15 is 0 Å². The van der Waals surface area contributed by atoms with Crippen LogP contribution in [-0.2, 0) is 4.79 Å². The summed E-state index contributed by atoms with van der Waals surface area (Å²) < 4.78 is 0. The predicted molar refractivity (Wildman–Crippen MR) is 102 cm³/mol. The lowest BCUT2D eigenvalue weighted by atomic mass is 9.90. The van der Waals surface area contributed by atoms with Crippen LogP contribution in [0.3, 0.4) is 0 Å². The summed E-state index contributed by atoms with van der Waals surface area (Å²) in [5.41, 5.74) is 2.81. The molecule has 1 heterocycles. The number of hydrogen-bond donors (Lipinski definition) is 2. The first-order valence-corrected chi connectivity index (χ1v) is 8.54. The number of benzene rings is 3. The van der Waals surface area contributed by atoms with Crippen LogP contribution in [0, 0.1) is 0 Å². The molecule has 0 spiro atoms. The molecule has 2 N–H and O–H groups in total. The van der Waals surface area contributed by atoms with E-state index in [4.69, 9.17) is 0 Å². The van der Waals surface area contributed by atoms with Crippen LogP contribution in [0.4, 0.5) is 5.69 Å². The first kappa shape index (κ1) is 16.7. The van der Waals surface area contributed by atoms with E-state index in [2.05, 4.69) is 10.6 Å². The smallest absolute Gasteiger partial charge is 0.259 e. The fourth-order valence-corrected chi connectivity index (χ4v) is 3.25. The third kappa shape index (κ3) is 3.22. The Morgan fingerprint density at radius 3 is 1.89 bits per heavy atom. The monoisotopic (exact) mass is 356 g/mol. The lowest BCUT2D eigenvalue weighted by Crippen LogP contribution is -2.22. The van der Waals surface area contributed by atoms with Gasteiger partial charge in [0, 0.05) is 5.69 Å². The van der Waals surface area contributed by atoms with Crippen molar-refractivity contribution in [1.82, 2.24) is 5.32 Å². The van der Waals surface area contributed by atoms with Gasteiger partial charge in [-0.25, -0.2) is 0 Å². The molecule has 0 saturated carbocycles. The summed E-state index contributed by atoms with van der Waals surface area (Å²) in [6, 6.07) is 23.7. The van der Waals surface area contributed by atoms with Gasteiger partial charge < -0.3 is 5.32 Å². The van der Waals surface area contributed by atoms with Crippen molar-refractivity contribution in [2.45, 2.75) is 5.92 Å². The Labute approximate surface area is 156 Å². The molecule has 0 unspecified atom stereocenters. The molecule has 0 aliphatic carbocycles. The first-order valence-electron chi connectivity index (χ1n) is 8.54. The van der Waals surface area contributed by atoms with E-state index in [1.54, 1.807) is 12.1 Å². The fraction of sp³-hybridized carbons (Fsp3) is 0.0455. The molecule has 3 aromatic rings. The minimum Gasteiger partial charge on any atom is -0.325 e. The van der Waals surface area contributed by atoms with Crippen molar-refractivity contribution in [1.29, 1.82) is 0 Å². The molecule has 0 atom stereocenters. The van der Waals surface area contributed by atoms with E-state index in [9.17, 15) is 14.4 Å². The Hall–Kier alpha value is -3.73. The number of carbonyl (C=O) groups excluding carboxylic acids is 3. The number of imide groups is 1. The molecule has 27 heavy (non-hydrogen) atoms. The van der Waals surface area contributed by atoms with E-state index in [1.165, 1.54) is 6.07 Å². The molecular formula is C22H16N2O3. The third-order valence-electron chi connectivity index (χ3n) is 4.53. The van der Waals surface area contributed by atoms with Crippen molar-refractivity contribution in [2.75, 3.05) is 5.32 Å². The molecule has 1 aliphatic rings. The lowest BCUT2D eigenvalue weighted by Gasteiger charge is -2.18. The lowest BCUT2D eigenvalue weighted by molar-refractivity contribution is -0.116. The Balaban J connectivity index is 1.66. The Morgan fingerprint density at radius 2 is 1.30 bits per heavy atom. The van der Waals surface area contributed by atoms with Crippen LogP contribution in [0.5, 0.6) is 0 Å². The highest BCUT2D eigenvalue weighted by atomic mass is 16.2. The number of hydrogen-bond acceptors (Lipinski definition) is 3. The topological polar surface area (TPSA) is 75.3 Å². The van der Waals surface area contributed by atoms with Crippen LogP contribution < -0.4 is 10.6 Å². The normalized spacial score (nSPS) is 12.6. The maximum atomic E-state index is 13.1. The number of rotatable bonds is 4. The number of amides is 3. The zero-order chi connectivity index (χ0) is 18.8. The van der Waals surface area contributed by atoms with Gasteiger partial charge in [-0.1, -0.05) is 60.7 Å². The molecule has 0 fully saturated rings. The Morgan fingerprint density at radius 1 is 0.741 bits per heavy atom. The van der Waals surface area contributed by atoms with Crippen molar-refractivity contribution in [2.24, 2.45) is 0 Å². The van der Waals surface area contributed by atoms with Gasteiger partial charge in [0.25, 0.3) is 11.8 Å². The second-order valence-corrected chi connectivity index (χ2v) is 6.29. The van der Waals surface area contributed by atoms with Crippen molar-refractivity contribution in [3.63, 3.8) is 0 Å². The molecule has 4 rings (SSSR count). The largest absolute Gasteiger partial charge is 0.325 e. The number of fused-ring (bicyclic) bond motifs is 1. The van der Waals surface area contributed by atoms with Crippen LogP contribution in [0.25, 0.3) is 0 Å². The van der Waals surface area contributed by atoms with Crippen molar-refractivity contribution >= 4 is 23.4 Å². The van der Waals surface area contributed by atoms with E-state index in [1.807, 2.05) is 60.7 Å². The molecule has 0 bridgehead atoms. The molecule has 0 radical (unpaired) electrons. The van der Waals surface area contributed by atoms with Gasteiger partial charge in [-0.3, -0.25) is 19.7 Å². The second-order valence-electron chi connectivity index (χ2n) is 6.29. The number of anilines is 1. The summed E-state index contributed by atoms with van der Waals surface area (Å²) in [5.74, 6) is -1.57. The molecule has 0 saturated heterocycles. The second kappa shape index (κ2) is 6.88. The van der Waals surface area contributed by atoms with E-state index in [0.717, 1.165) is 11.1 Å². The SMILES string of the molecule is O=C1NC(=O)c2cc(NC(=O)C(c3ccccc3)c3ccccc3)ccc21. The summed E-state index contributed by atoms with van der Waals surface area (Å²) in [5, 5.41) is 5.12. The number of nitrogens with one attached hydrogen (secondary N) is 2. The standard InChI is InChI=1S/C22H16N2O3/c25-20-17-12-11-16(13-18(17)21(26)24-20)23-22(27)19(14-7-3-1-4-8-14)15-9-5-2-6-10-15/h1-13,19H,(H,23,27)(H,24,25,26). The van der Waals surface area contributed by atoms with Crippen LogP contribution in [-0.4, -0.2) is 17.7 Å². The van der Waals surface area contributed by atoms with Crippen molar-refractivity contribution < 1.29 is 14.4 Å². The van der Waals surface area contributed by atoms with Gasteiger partial charge in [0.2, 0.25) is 5.91 Å². The molecular weight excluding hydrogens is 340 g/mol. The minimum absolute atomic E-state index is 0.211. The summed E-state index contributed by atoms with van der Waals surface area (Å²) in [6.07, 6.45) is 0. The number of carbonyl (C=O) groups is 3. The maximum absolute atomic E-state index is 13.1. The van der Waals surface area contributed by atoms with E-state index in [0.29, 0.717) is 11.3 Å². The van der Waals surface area contributed by atoms with Crippen LogP contribution in [0.15, 0.2) is 78.9 Å². The van der Waals surface area contributed by atoms with Crippen LogP contribution in [0.1, 0.15) is 37.8 Å². The molecule has 5 heteroatoms. The Bertz CT molecular complexity index is 990. The van der Waals surface area contributed by atoms with Crippen molar-refractivity contribution in [3.8, 4) is 0 Å². The van der Waals surface area contributed by atoms with Crippen LogP contribution >= 0.6 is 0 Å². The van der Waals surface area contributed by atoms with Gasteiger partial charge in [0.15, 0.2) is 0 Å². The molecule has 1 aliphatic heterocycles.